The molecule has 5 aromatic rings. The number of aromatic nitrogens is 3. The molecule has 0 bridgehead atoms. The Hall–Kier alpha value is -4.70. The Labute approximate surface area is 235 Å². The number of aryl methyl sites for hydroxylation is 1. The first-order chi connectivity index (χ1) is 19.8. The number of hydrogen-bond donors (Lipinski definition) is 2. The lowest BCUT2D eigenvalue weighted by molar-refractivity contribution is 0.275. The van der Waals surface area contributed by atoms with Crippen LogP contribution in [0.15, 0.2) is 87.8 Å². The molecule has 3 heterocycles. The average molecular weight is 576 g/mol. The van der Waals surface area contributed by atoms with Crippen molar-refractivity contribution in [3.8, 4) is 40.4 Å². The number of benzene rings is 2. The maximum Gasteiger partial charge on any atom is 0.349 e. The van der Waals surface area contributed by atoms with Gasteiger partial charge in [-0.25, -0.2) is 9.97 Å². The SMILES string of the molecule is COc1cc(COc2nc(-c3ccccc3)ncc2/C=C/P(=O)(O)O)ccc1OCc1nc(-c2ccco2)oc1C. The summed E-state index contributed by atoms with van der Waals surface area (Å²) in [6, 6.07) is 18.2. The summed E-state index contributed by atoms with van der Waals surface area (Å²) in [5.74, 6) is 3.85. The quantitative estimate of drug-likeness (QED) is 0.178. The molecule has 0 saturated carbocycles. The van der Waals surface area contributed by atoms with E-state index in [1.54, 1.807) is 37.5 Å². The number of hydrogen-bond acceptors (Lipinski definition) is 9. The summed E-state index contributed by atoms with van der Waals surface area (Å²) in [6.07, 6.45) is 4.25. The van der Waals surface area contributed by atoms with Crippen LogP contribution < -0.4 is 14.2 Å². The molecule has 0 radical (unpaired) electrons. The number of oxazole rings is 1. The van der Waals surface area contributed by atoms with E-state index in [2.05, 4.69) is 15.0 Å². The summed E-state index contributed by atoms with van der Waals surface area (Å²) in [5.41, 5.74) is 2.46. The van der Waals surface area contributed by atoms with Crippen molar-refractivity contribution >= 4 is 13.7 Å². The summed E-state index contributed by atoms with van der Waals surface area (Å²) in [5, 5.41) is 0. The van der Waals surface area contributed by atoms with Gasteiger partial charge < -0.3 is 32.8 Å². The summed E-state index contributed by atoms with van der Waals surface area (Å²) < 4.78 is 39.9. The molecule has 41 heavy (non-hydrogen) atoms. The van der Waals surface area contributed by atoms with Crippen LogP contribution in [0.3, 0.4) is 0 Å². The van der Waals surface area contributed by atoms with Crippen LogP contribution in [0.25, 0.3) is 29.1 Å². The molecule has 5 rings (SSSR count). The molecule has 0 amide bonds. The summed E-state index contributed by atoms with van der Waals surface area (Å²) in [7, 11) is -2.86. The molecule has 2 aromatic carbocycles. The molecular formula is C29H26N3O8P. The lowest BCUT2D eigenvalue weighted by atomic mass is 10.2. The van der Waals surface area contributed by atoms with Crippen LogP contribution in [-0.2, 0) is 17.8 Å². The molecule has 0 aliphatic rings. The van der Waals surface area contributed by atoms with Crippen LogP contribution in [-0.4, -0.2) is 31.8 Å². The third kappa shape index (κ3) is 7.09. The van der Waals surface area contributed by atoms with Crippen LogP contribution in [0.2, 0.25) is 0 Å². The topological polar surface area (TPSA) is 150 Å². The Bertz CT molecular complexity index is 1690. The van der Waals surface area contributed by atoms with E-state index >= 15 is 0 Å². The van der Waals surface area contributed by atoms with Gasteiger partial charge in [-0.1, -0.05) is 36.4 Å². The largest absolute Gasteiger partial charge is 0.493 e. The molecular weight excluding hydrogens is 549 g/mol. The van der Waals surface area contributed by atoms with Crippen molar-refractivity contribution in [1.82, 2.24) is 15.0 Å². The van der Waals surface area contributed by atoms with E-state index in [0.717, 1.165) is 16.9 Å². The monoisotopic (exact) mass is 575 g/mol. The van der Waals surface area contributed by atoms with Crippen LogP contribution >= 0.6 is 7.60 Å². The van der Waals surface area contributed by atoms with Gasteiger partial charge in [-0.2, -0.15) is 4.98 Å². The van der Waals surface area contributed by atoms with Crippen molar-refractivity contribution < 1.29 is 37.4 Å². The highest BCUT2D eigenvalue weighted by atomic mass is 31.2. The van der Waals surface area contributed by atoms with Crippen molar-refractivity contribution in [2.24, 2.45) is 0 Å². The standard InChI is InChI=1S/C29H26N3O8P/c1-19-23(31-29(40-19)25-9-6-13-37-25)18-38-24-11-10-20(15-26(24)36-2)17-39-28-22(12-14-41(33,34)35)16-30-27(32-28)21-7-4-3-5-8-21/h3-16H,17-18H2,1-2H3,(H2,33,34,35)/b14-12+. The zero-order valence-electron chi connectivity index (χ0n) is 22.1. The number of furan rings is 1. The minimum atomic E-state index is -4.39. The lowest BCUT2D eigenvalue weighted by Gasteiger charge is -2.13. The Morgan fingerprint density at radius 3 is 2.54 bits per heavy atom. The van der Waals surface area contributed by atoms with Gasteiger partial charge in [0.1, 0.15) is 24.7 Å². The molecule has 12 heteroatoms. The van der Waals surface area contributed by atoms with Crippen molar-refractivity contribution in [3.05, 3.63) is 102 Å². The predicted molar refractivity (Wildman–Crippen MR) is 149 cm³/mol. The number of nitrogens with zero attached hydrogens (tertiary/aromatic N) is 3. The van der Waals surface area contributed by atoms with Crippen molar-refractivity contribution in [2.75, 3.05) is 7.11 Å². The van der Waals surface area contributed by atoms with Crippen molar-refractivity contribution in [2.45, 2.75) is 20.1 Å². The summed E-state index contributed by atoms with van der Waals surface area (Å²) >= 11 is 0. The van der Waals surface area contributed by atoms with Gasteiger partial charge in [0.25, 0.3) is 5.89 Å². The second-order valence-corrected chi connectivity index (χ2v) is 10.3. The van der Waals surface area contributed by atoms with Gasteiger partial charge in [-0.05, 0) is 42.8 Å². The number of rotatable bonds is 11. The van der Waals surface area contributed by atoms with E-state index in [9.17, 15) is 14.4 Å². The Kier molecular flexibility index (Phi) is 8.30. The predicted octanol–water partition coefficient (Wildman–Crippen LogP) is 6.02. The third-order valence-corrected chi connectivity index (χ3v) is 6.39. The number of methoxy groups -OCH3 is 1. The highest BCUT2D eigenvalue weighted by Crippen LogP contribution is 2.38. The lowest BCUT2D eigenvalue weighted by Crippen LogP contribution is -2.03. The van der Waals surface area contributed by atoms with Gasteiger partial charge in [0, 0.05) is 17.6 Å². The zero-order chi connectivity index (χ0) is 28.8. The summed E-state index contributed by atoms with van der Waals surface area (Å²) in [4.78, 5) is 31.8. The molecule has 0 atom stereocenters. The molecule has 0 saturated heterocycles. The first-order valence-corrected chi connectivity index (χ1v) is 14.1. The van der Waals surface area contributed by atoms with Gasteiger partial charge in [-0.15, -0.1) is 0 Å². The smallest absolute Gasteiger partial charge is 0.349 e. The fourth-order valence-electron chi connectivity index (χ4n) is 3.80. The van der Waals surface area contributed by atoms with Gasteiger partial charge in [0.2, 0.25) is 5.88 Å². The van der Waals surface area contributed by atoms with Crippen LogP contribution in [0, 0.1) is 6.92 Å². The molecule has 0 spiro atoms. The van der Waals surface area contributed by atoms with E-state index < -0.39 is 7.60 Å². The highest BCUT2D eigenvalue weighted by molar-refractivity contribution is 7.55. The van der Waals surface area contributed by atoms with E-state index in [-0.39, 0.29) is 19.1 Å². The Morgan fingerprint density at radius 1 is 0.976 bits per heavy atom. The van der Waals surface area contributed by atoms with E-state index in [0.29, 0.717) is 46.0 Å². The van der Waals surface area contributed by atoms with Gasteiger partial charge in [0.15, 0.2) is 23.1 Å². The van der Waals surface area contributed by atoms with Crippen LogP contribution in [0.4, 0.5) is 0 Å². The molecule has 0 aliphatic heterocycles. The van der Waals surface area contributed by atoms with E-state index in [1.807, 2.05) is 36.4 Å². The minimum absolute atomic E-state index is 0.0908. The fourth-order valence-corrected chi connectivity index (χ4v) is 4.15. The molecule has 3 aromatic heterocycles. The number of ether oxygens (including phenoxy) is 3. The maximum absolute atomic E-state index is 11.4. The molecule has 210 valence electrons. The fraction of sp³-hybridized carbons (Fsp3) is 0.138. The molecule has 0 unspecified atom stereocenters. The molecule has 11 nitrogen and oxygen atoms in total. The Balaban J connectivity index is 1.32. The summed E-state index contributed by atoms with van der Waals surface area (Å²) in [6.45, 7) is 2.05. The zero-order valence-corrected chi connectivity index (χ0v) is 23.0. The van der Waals surface area contributed by atoms with Crippen molar-refractivity contribution in [3.63, 3.8) is 0 Å². The van der Waals surface area contributed by atoms with Gasteiger partial charge in [0.05, 0.1) is 18.9 Å². The first-order valence-electron chi connectivity index (χ1n) is 12.4. The second-order valence-electron chi connectivity index (χ2n) is 8.79. The second kappa shape index (κ2) is 12.2. The average Bonchev–Trinajstić information content (AvgIpc) is 3.64. The third-order valence-electron chi connectivity index (χ3n) is 5.85. The maximum atomic E-state index is 11.4. The molecule has 0 aliphatic carbocycles. The molecule has 2 N–H and O–H groups in total. The van der Waals surface area contributed by atoms with Crippen LogP contribution in [0.5, 0.6) is 17.4 Å². The van der Waals surface area contributed by atoms with Gasteiger partial charge >= 0.3 is 7.60 Å². The molecule has 0 fully saturated rings. The normalized spacial score (nSPS) is 11.6. The minimum Gasteiger partial charge on any atom is -0.493 e. The Morgan fingerprint density at radius 2 is 1.80 bits per heavy atom. The van der Waals surface area contributed by atoms with Crippen molar-refractivity contribution in [1.29, 1.82) is 0 Å². The van der Waals surface area contributed by atoms with Crippen LogP contribution in [0.1, 0.15) is 22.6 Å². The van der Waals surface area contributed by atoms with E-state index in [4.69, 9.17) is 23.0 Å². The first kappa shape index (κ1) is 27.9. The highest BCUT2D eigenvalue weighted by Gasteiger charge is 2.16. The van der Waals surface area contributed by atoms with Gasteiger partial charge in [-0.3, -0.25) is 4.57 Å². The van der Waals surface area contributed by atoms with E-state index in [1.165, 1.54) is 19.4 Å².